The first-order valence-electron chi connectivity index (χ1n) is 6.86. The predicted molar refractivity (Wildman–Crippen MR) is 84.3 cm³/mol. The number of hydrogen-bond acceptors (Lipinski definition) is 4. The molecule has 0 radical (unpaired) electrons. The molecule has 0 aliphatic carbocycles. The van der Waals surface area contributed by atoms with Crippen molar-refractivity contribution in [3.8, 4) is 5.75 Å². The zero-order chi connectivity index (χ0) is 14.6. The zero-order valence-corrected chi connectivity index (χ0v) is 13.2. The summed E-state index contributed by atoms with van der Waals surface area (Å²) in [6, 6.07) is 8.33. The minimum Gasteiger partial charge on any atom is -0.493 e. The summed E-state index contributed by atoms with van der Waals surface area (Å²) >= 11 is 1.66. The molecule has 2 rings (SSSR count). The van der Waals surface area contributed by atoms with Gasteiger partial charge in [-0.25, -0.2) is 4.98 Å². The summed E-state index contributed by atoms with van der Waals surface area (Å²) < 4.78 is 5.76. The Balaban J connectivity index is 1.85. The highest BCUT2D eigenvalue weighted by Gasteiger charge is 2.12. The van der Waals surface area contributed by atoms with Crippen molar-refractivity contribution in [1.82, 2.24) is 4.98 Å². The first kappa shape index (κ1) is 15.0. The van der Waals surface area contributed by atoms with Gasteiger partial charge in [-0.2, -0.15) is 0 Å². The summed E-state index contributed by atoms with van der Waals surface area (Å²) in [5, 5.41) is 1.08. The SMILES string of the molecule is CC(C)(C)c1ccc(OCCc2ncc(CN)s2)cc1. The Morgan fingerprint density at radius 2 is 1.90 bits per heavy atom. The molecule has 4 heteroatoms. The Kier molecular flexibility index (Phi) is 4.78. The molecule has 0 amide bonds. The van der Waals surface area contributed by atoms with Crippen LogP contribution >= 0.6 is 11.3 Å². The Labute approximate surface area is 124 Å². The van der Waals surface area contributed by atoms with Crippen LogP contribution in [-0.2, 0) is 18.4 Å². The van der Waals surface area contributed by atoms with Crippen LogP contribution in [0.2, 0.25) is 0 Å². The fourth-order valence-corrected chi connectivity index (χ4v) is 2.65. The smallest absolute Gasteiger partial charge is 0.119 e. The van der Waals surface area contributed by atoms with Crippen molar-refractivity contribution in [3.05, 3.63) is 45.9 Å². The highest BCUT2D eigenvalue weighted by molar-refractivity contribution is 7.11. The largest absolute Gasteiger partial charge is 0.493 e. The number of aromatic nitrogens is 1. The summed E-state index contributed by atoms with van der Waals surface area (Å²) in [6.07, 6.45) is 2.67. The van der Waals surface area contributed by atoms with E-state index >= 15 is 0 Å². The molecule has 1 heterocycles. The average Bonchev–Trinajstić information content (AvgIpc) is 2.86. The van der Waals surface area contributed by atoms with Crippen LogP contribution < -0.4 is 10.5 Å². The second kappa shape index (κ2) is 6.37. The summed E-state index contributed by atoms with van der Waals surface area (Å²) in [6.45, 7) is 7.83. The normalized spacial score (nSPS) is 11.6. The van der Waals surface area contributed by atoms with E-state index in [4.69, 9.17) is 10.5 Å². The first-order valence-corrected chi connectivity index (χ1v) is 7.67. The number of benzene rings is 1. The van der Waals surface area contributed by atoms with Crippen LogP contribution in [0.15, 0.2) is 30.5 Å². The standard InChI is InChI=1S/C16H22N2OS/c1-16(2,3)12-4-6-13(7-5-12)19-9-8-15-18-11-14(10-17)20-15/h4-7,11H,8-10,17H2,1-3H3. The monoisotopic (exact) mass is 290 g/mol. The molecule has 0 atom stereocenters. The lowest BCUT2D eigenvalue weighted by molar-refractivity contribution is 0.321. The van der Waals surface area contributed by atoms with E-state index in [1.807, 2.05) is 18.3 Å². The molecule has 1 aromatic carbocycles. The van der Waals surface area contributed by atoms with Crippen LogP contribution in [0.5, 0.6) is 5.75 Å². The lowest BCUT2D eigenvalue weighted by Crippen LogP contribution is -2.10. The molecule has 0 fully saturated rings. The van der Waals surface area contributed by atoms with Gasteiger partial charge in [0, 0.05) is 24.0 Å². The third-order valence-corrected chi connectivity index (χ3v) is 4.19. The van der Waals surface area contributed by atoms with E-state index in [1.54, 1.807) is 11.3 Å². The fraction of sp³-hybridized carbons (Fsp3) is 0.438. The van der Waals surface area contributed by atoms with Gasteiger partial charge in [0.2, 0.25) is 0 Å². The molecular weight excluding hydrogens is 268 g/mol. The van der Waals surface area contributed by atoms with Gasteiger partial charge in [0.25, 0.3) is 0 Å². The Morgan fingerprint density at radius 3 is 2.45 bits per heavy atom. The van der Waals surface area contributed by atoms with E-state index in [2.05, 4.69) is 37.9 Å². The van der Waals surface area contributed by atoms with Gasteiger partial charge in [-0.1, -0.05) is 32.9 Å². The second-order valence-electron chi connectivity index (χ2n) is 5.80. The molecule has 0 spiro atoms. The van der Waals surface area contributed by atoms with Crippen LogP contribution in [-0.4, -0.2) is 11.6 Å². The van der Waals surface area contributed by atoms with Crippen molar-refractivity contribution in [2.24, 2.45) is 5.73 Å². The quantitative estimate of drug-likeness (QED) is 0.916. The number of hydrogen-bond donors (Lipinski definition) is 1. The summed E-state index contributed by atoms with van der Waals surface area (Å²) in [5.74, 6) is 0.911. The Morgan fingerprint density at radius 1 is 1.20 bits per heavy atom. The molecule has 0 saturated heterocycles. The van der Waals surface area contributed by atoms with Crippen LogP contribution in [0.1, 0.15) is 36.2 Å². The molecule has 0 aliphatic rings. The van der Waals surface area contributed by atoms with E-state index in [0.717, 1.165) is 22.1 Å². The molecule has 0 saturated carbocycles. The van der Waals surface area contributed by atoms with Crippen molar-refractivity contribution in [1.29, 1.82) is 0 Å². The van der Waals surface area contributed by atoms with Gasteiger partial charge in [-0.05, 0) is 23.1 Å². The molecule has 20 heavy (non-hydrogen) atoms. The van der Waals surface area contributed by atoms with Gasteiger partial charge in [-0.3, -0.25) is 0 Å². The van der Waals surface area contributed by atoms with Gasteiger partial charge < -0.3 is 10.5 Å². The molecule has 108 valence electrons. The van der Waals surface area contributed by atoms with Crippen LogP contribution in [0, 0.1) is 0 Å². The topological polar surface area (TPSA) is 48.1 Å². The van der Waals surface area contributed by atoms with Gasteiger partial charge in [0.1, 0.15) is 5.75 Å². The number of nitrogens with two attached hydrogens (primary N) is 1. The van der Waals surface area contributed by atoms with Crippen molar-refractivity contribution >= 4 is 11.3 Å². The molecule has 2 aromatic rings. The van der Waals surface area contributed by atoms with E-state index in [-0.39, 0.29) is 5.41 Å². The zero-order valence-electron chi connectivity index (χ0n) is 12.3. The summed E-state index contributed by atoms with van der Waals surface area (Å²) in [5.41, 5.74) is 7.07. The lowest BCUT2D eigenvalue weighted by atomic mass is 9.87. The van der Waals surface area contributed by atoms with Gasteiger partial charge in [0.05, 0.1) is 11.6 Å². The second-order valence-corrected chi connectivity index (χ2v) is 7.00. The maximum absolute atomic E-state index is 5.76. The third-order valence-electron chi connectivity index (χ3n) is 3.11. The molecule has 0 unspecified atom stereocenters. The number of ether oxygens (including phenoxy) is 1. The number of thiazole rings is 1. The van der Waals surface area contributed by atoms with E-state index < -0.39 is 0 Å². The van der Waals surface area contributed by atoms with Crippen molar-refractivity contribution in [3.63, 3.8) is 0 Å². The average molecular weight is 290 g/mol. The molecule has 2 N–H and O–H groups in total. The lowest BCUT2D eigenvalue weighted by Gasteiger charge is -2.19. The van der Waals surface area contributed by atoms with Crippen molar-refractivity contribution in [2.75, 3.05) is 6.61 Å². The molecule has 0 bridgehead atoms. The summed E-state index contributed by atoms with van der Waals surface area (Å²) in [7, 11) is 0. The van der Waals surface area contributed by atoms with Crippen LogP contribution in [0.4, 0.5) is 0 Å². The minimum atomic E-state index is 0.179. The van der Waals surface area contributed by atoms with Gasteiger partial charge >= 0.3 is 0 Å². The third kappa shape index (κ3) is 4.05. The molecule has 1 aromatic heterocycles. The maximum Gasteiger partial charge on any atom is 0.119 e. The van der Waals surface area contributed by atoms with E-state index in [0.29, 0.717) is 13.2 Å². The Hall–Kier alpha value is -1.39. The highest BCUT2D eigenvalue weighted by atomic mass is 32.1. The van der Waals surface area contributed by atoms with Gasteiger partial charge in [0.15, 0.2) is 0 Å². The molecule has 3 nitrogen and oxygen atoms in total. The van der Waals surface area contributed by atoms with Crippen LogP contribution in [0.3, 0.4) is 0 Å². The van der Waals surface area contributed by atoms with Crippen molar-refractivity contribution in [2.45, 2.75) is 39.2 Å². The predicted octanol–water partition coefficient (Wildman–Crippen LogP) is 3.52. The maximum atomic E-state index is 5.76. The Bertz CT molecular complexity index is 540. The number of nitrogens with zero attached hydrogens (tertiary/aromatic N) is 1. The first-order chi connectivity index (χ1) is 9.49. The summed E-state index contributed by atoms with van der Waals surface area (Å²) in [4.78, 5) is 5.44. The van der Waals surface area contributed by atoms with E-state index in [9.17, 15) is 0 Å². The highest BCUT2D eigenvalue weighted by Crippen LogP contribution is 2.24. The van der Waals surface area contributed by atoms with Gasteiger partial charge in [-0.15, -0.1) is 11.3 Å². The van der Waals surface area contributed by atoms with Crippen LogP contribution in [0.25, 0.3) is 0 Å². The number of rotatable bonds is 5. The minimum absolute atomic E-state index is 0.179. The van der Waals surface area contributed by atoms with Crippen molar-refractivity contribution < 1.29 is 4.74 Å². The van der Waals surface area contributed by atoms with E-state index in [1.165, 1.54) is 5.56 Å². The molecular formula is C16H22N2OS. The fourth-order valence-electron chi connectivity index (χ4n) is 1.87. The molecule has 0 aliphatic heterocycles.